The van der Waals surface area contributed by atoms with Gasteiger partial charge in [-0.3, -0.25) is 4.79 Å². The zero-order chi connectivity index (χ0) is 16.1. The Labute approximate surface area is 131 Å². The van der Waals surface area contributed by atoms with E-state index in [1.54, 1.807) is 12.1 Å². The molecule has 2 rings (SSSR count). The molecule has 0 aliphatic carbocycles. The zero-order valence-electron chi connectivity index (χ0n) is 13.8. The SMILES string of the molecule is CC(C)OC(=NC(=O)c1ccco1)N(C)C1CCN(C)CC1. The Kier molecular flexibility index (Phi) is 5.60. The van der Waals surface area contributed by atoms with E-state index >= 15 is 0 Å². The molecule has 2 heterocycles. The van der Waals surface area contributed by atoms with Crippen LogP contribution in [0.25, 0.3) is 0 Å². The third kappa shape index (κ3) is 4.34. The minimum Gasteiger partial charge on any atom is -0.462 e. The Hall–Kier alpha value is -1.82. The van der Waals surface area contributed by atoms with Gasteiger partial charge in [-0.25, -0.2) is 0 Å². The van der Waals surface area contributed by atoms with Crippen LogP contribution >= 0.6 is 0 Å². The number of piperidine rings is 1. The summed E-state index contributed by atoms with van der Waals surface area (Å²) < 4.78 is 10.9. The molecule has 1 aromatic rings. The van der Waals surface area contributed by atoms with Gasteiger partial charge in [0.15, 0.2) is 5.76 Å². The summed E-state index contributed by atoms with van der Waals surface area (Å²) >= 11 is 0. The highest BCUT2D eigenvalue weighted by atomic mass is 16.5. The normalized spacial score (nSPS) is 17.8. The summed E-state index contributed by atoms with van der Waals surface area (Å²) in [5.41, 5.74) is 0. The van der Waals surface area contributed by atoms with E-state index in [0.717, 1.165) is 25.9 Å². The molecule has 0 aromatic carbocycles. The molecule has 22 heavy (non-hydrogen) atoms. The standard InChI is InChI=1S/C16H25N3O3/c1-12(2)22-16(17-15(20)14-6-5-11-21-14)19(4)13-7-9-18(3)10-8-13/h5-6,11-13H,7-10H2,1-4H3. The third-order valence-electron chi connectivity index (χ3n) is 3.81. The first-order valence-corrected chi connectivity index (χ1v) is 7.72. The summed E-state index contributed by atoms with van der Waals surface area (Å²) in [6.45, 7) is 5.93. The first-order valence-electron chi connectivity index (χ1n) is 7.72. The second-order valence-corrected chi connectivity index (χ2v) is 5.99. The zero-order valence-corrected chi connectivity index (χ0v) is 13.8. The van der Waals surface area contributed by atoms with Crippen LogP contribution in [0.2, 0.25) is 0 Å². The molecule has 0 spiro atoms. The molecule has 1 aliphatic heterocycles. The van der Waals surface area contributed by atoms with Crippen LogP contribution in [0, 0.1) is 0 Å². The van der Waals surface area contributed by atoms with Crippen LogP contribution in [0.3, 0.4) is 0 Å². The van der Waals surface area contributed by atoms with Crippen molar-refractivity contribution >= 4 is 11.9 Å². The largest absolute Gasteiger partial charge is 0.462 e. The van der Waals surface area contributed by atoms with E-state index in [9.17, 15) is 4.79 Å². The molecule has 0 saturated carbocycles. The number of amidine groups is 1. The Morgan fingerprint density at radius 2 is 2.14 bits per heavy atom. The number of nitrogens with zero attached hydrogens (tertiary/aromatic N) is 3. The topological polar surface area (TPSA) is 58.3 Å². The van der Waals surface area contributed by atoms with Crippen molar-refractivity contribution in [2.24, 2.45) is 4.99 Å². The van der Waals surface area contributed by atoms with Crippen molar-refractivity contribution < 1.29 is 13.9 Å². The van der Waals surface area contributed by atoms with E-state index in [0.29, 0.717) is 12.1 Å². The Balaban J connectivity index is 2.12. The number of aliphatic imine (C=N–C) groups is 1. The van der Waals surface area contributed by atoms with Gasteiger partial charge in [0.25, 0.3) is 6.02 Å². The Bertz CT molecular complexity index is 503. The number of hydrogen-bond acceptors (Lipinski definition) is 4. The monoisotopic (exact) mass is 307 g/mol. The molecule has 0 radical (unpaired) electrons. The van der Waals surface area contributed by atoms with E-state index in [4.69, 9.17) is 9.15 Å². The molecule has 122 valence electrons. The van der Waals surface area contributed by atoms with Crippen molar-refractivity contribution in [3.05, 3.63) is 24.2 Å². The minimum atomic E-state index is -0.416. The predicted molar refractivity (Wildman–Crippen MR) is 85.0 cm³/mol. The van der Waals surface area contributed by atoms with Crippen molar-refractivity contribution in [3.63, 3.8) is 0 Å². The number of carbonyl (C=O) groups excluding carboxylic acids is 1. The second-order valence-electron chi connectivity index (χ2n) is 5.99. The Morgan fingerprint density at radius 1 is 1.45 bits per heavy atom. The quantitative estimate of drug-likeness (QED) is 0.633. The van der Waals surface area contributed by atoms with Gasteiger partial charge in [-0.05, 0) is 59.0 Å². The summed E-state index contributed by atoms with van der Waals surface area (Å²) in [6, 6.07) is 3.98. The molecular formula is C16H25N3O3. The van der Waals surface area contributed by atoms with Gasteiger partial charge in [0.1, 0.15) is 0 Å². The lowest BCUT2D eigenvalue weighted by Gasteiger charge is -2.36. The number of amides is 1. The molecule has 0 bridgehead atoms. The van der Waals surface area contributed by atoms with Crippen LogP contribution in [0.1, 0.15) is 37.2 Å². The van der Waals surface area contributed by atoms with Crippen LogP contribution < -0.4 is 0 Å². The smallest absolute Gasteiger partial charge is 0.317 e. The molecule has 1 aromatic heterocycles. The van der Waals surface area contributed by atoms with Gasteiger partial charge in [-0.1, -0.05) is 0 Å². The number of furan rings is 1. The fourth-order valence-electron chi connectivity index (χ4n) is 2.48. The highest BCUT2D eigenvalue weighted by molar-refractivity contribution is 5.99. The highest BCUT2D eigenvalue weighted by Crippen LogP contribution is 2.16. The molecule has 0 atom stereocenters. The lowest BCUT2D eigenvalue weighted by Crippen LogP contribution is -2.46. The van der Waals surface area contributed by atoms with Crippen LogP contribution in [0.5, 0.6) is 0 Å². The number of hydrogen-bond donors (Lipinski definition) is 0. The number of likely N-dealkylation sites (tertiary alicyclic amines) is 1. The molecule has 0 N–H and O–H groups in total. The molecule has 0 unspecified atom stereocenters. The van der Waals surface area contributed by atoms with Gasteiger partial charge in [-0.15, -0.1) is 0 Å². The molecular weight excluding hydrogens is 282 g/mol. The average molecular weight is 307 g/mol. The number of ether oxygens (including phenoxy) is 1. The van der Waals surface area contributed by atoms with Crippen molar-refractivity contribution in [3.8, 4) is 0 Å². The van der Waals surface area contributed by atoms with Gasteiger partial charge in [0.05, 0.1) is 12.4 Å². The van der Waals surface area contributed by atoms with E-state index in [2.05, 4.69) is 16.9 Å². The summed E-state index contributed by atoms with van der Waals surface area (Å²) in [7, 11) is 4.06. The maximum Gasteiger partial charge on any atom is 0.317 e. The molecule has 1 amide bonds. The number of carbonyl (C=O) groups is 1. The van der Waals surface area contributed by atoms with Crippen LogP contribution in [0.4, 0.5) is 0 Å². The predicted octanol–water partition coefficient (Wildman–Crippen LogP) is 2.23. The minimum absolute atomic E-state index is 0.0446. The average Bonchev–Trinajstić information content (AvgIpc) is 3.00. The fourth-order valence-corrected chi connectivity index (χ4v) is 2.48. The maximum absolute atomic E-state index is 12.1. The molecule has 1 saturated heterocycles. The second kappa shape index (κ2) is 7.45. The summed E-state index contributed by atoms with van der Waals surface area (Å²) in [5.74, 6) is -0.193. The van der Waals surface area contributed by atoms with Gasteiger partial charge >= 0.3 is 5.91 Å². The fraction of sp³-hybridized carbons (Fsp3) is 0.625. The third-order valence-corrected chi connectivity index (χ3v) is 3.81. The van der Waals surface area contributed by atoms with E-state index in [1.807, 2.05) is 25.8 Å². The summed E-state index contributed by atoms with van der Waals surface area (Å²) in [6.07, 6.45) is 3.48. The van der Waals surface area contributed by atoms with Crippen molar-refractivity contribution in [2.45, 2.75) is 38.8 Å². The van der Waals surface area contributed by atoms with Gasteiger partial charge < -0.3 is 19.0 Å². The van der Waals surface area contributed by atoms with E-state index in [-0.39, 0.29) is 11.9 Å². The van der Waals surface area contributed by atoms with Crippen molar-refractivity contribution in [2.75, 3.05) is 27.2 Å². The van der Waals surface area contributed by atoms with Gasteiger partial charge in [0.2, 0.25) is 0 Å². The Morgan fingerprint density at radius 3 is 2.68 bits per heavy atom. The van der Waals surface area contributed by atoms with Crippen LogP contribution in [-0.4, -0.2) is 61.1 Å². The molecule has 1 fully saturated rings. The van der Waals surface area contributed by atoms with Crippen LogP contribution in [0.15, 0.2) is 27.8 Å². The molecule has 1 aliphatic rings. The lowest BCUT2D eigenvalue weighted by atomic mass is 10.0. The van der Waals surface area contributed by atoms with Crippen LogP contribution in [-0.2, 0) is 4.74 Å². The van der Waals surface area contributed by atoms with Gasteiger partial charge in [-0.2, -0.15) is 4.99 Å². The molecule has 6 heteroatoms. The van der Waals surface area contributed by atoms with Crippen molar-refractivity contribution in [1.29, 1.82) is 0 Å². The van der Waals surface area contributed by atoms with E-state index < -0.39 is 5.91 Å². The first-order chi connectivity index (χ1) is 10.5. The summed E-state index contributed by atoms with van der Waals surface area (Å²) in [5, 5.41) is 0. The van der Waals surface area contributed by atoms with E-state index in [1.165, 1.54) is 6.26 Å². The number of rotatable bonds is 3. The highest BCUT2D eigenvalue weighted by Gasteiger charge is 2.25. The summed E-state index contributed by atoms with van der Waals surface area (Å²) in [4.78, 5) is 20.6. The first kappa shape index (κ1) is 16.5. The molecule has 6 nitrogen and oxygen atoms in total. The lowest BCUT2D eigenvalue weighted by molar-refractivity contribution is 0.0953. The maximum atomic E-state index is 12.1. The van der Waals surface area contributed by atoms with Gasteiger partial charge in [0, 0.05) is 13.1 Å². The van der Waals surface area contributed by atoms with Crippen molar-refractivity contribution in [1.82, 2.24) is 9.80 Å².